The Morgan fingerprint density at radius 3 is 2.81 bits per heavy atom. The van der Waals surface area contributed by atoms with Crippen LogP contribution in [0.2, 0.25) is 0 Å². The monoisotopic (exact) mass is 305 g/mol. The van der Waals surface area contributed by atoms with Gasteiger partial charge in [-0.25, -0.2) is 0 Å². The van der Waals surface area contributed by atoms with Gasteiger partial charge in [-0.2, -0.15) is 0 Å². The van der Waals surface area contributed by atoms with Crippen molar-refractivity contribution in [2.75, 3.05) is 27.4 Å². The lowest BCUT2D eigenvalue weighted by Crippen LogP contribution is -2.55. The van der Waals surface area contributed by atoms with E-state index >= 15 is 0 Å². The Bertz CT molecular complexity index is 589. The maximum atomic E-state index is 5.95. The molecule has 1 aromatic heterocycles. The van der Waals surface area contributed by atoms with Crippen LogP contribution >= 0.6 is 11.3 Å². The Kier molecular flexibility index (Phi) is 4.60. The maximum Gasteiger partial charge on any atom is 0.0877 e. The molecule has 3 rings (SSSR count). The molecular formula is C17H23NO2S. The first-order valence-corrected chi connectivity index (χ1v) is 8.42. The Morgan fingerprint density at radius 2 is 2.10 bits per heavy atom. The van der Waals surface area contributed by atoms with Gasteiger partial charge in [-0.3, -0.25) is 0 Å². The van der Waals surface area contributed by atoms with Gasteiger partial charge in [0, 0.05) is 43.9 Å². The van der Waals surface area contributed by atoms with Crippen LogP contribution in [-0.4, -0.2) is 39.0 Å². The van der Waals surface area contributed by atoms with Crippen molar-refractivity contribution in [3.63, 3.8) is 0 Å². The standard InChI is InChI=1S/C17H23NO2S/c1-18-16(17(19-2)7-9-20-10-8-17)11-13-12-21-15-6-4-3-5-14(13)15/h3-6,12,16,18H,7-11H2,1-2H3. The number of hydrogen-bond donors (Lipinski definition) is 1. The maximum absolute atomic E-state index is 5.95. The highest BCUT2D eigenvalue weighted by molar-refractivity contribution is 7.17. The number of nitrogens with one attached hydrogen (secondary N) is 1. The minimum atomic E-state index is -0.115. The quantitative estimate of drug-likeness (QED) is 0.920. The summed E-state index contributed by atoms with van der Waals surface area (Å²) in [6.45, 7) is 1.58. The lowest BCUT2D eigenvalue weighted by atomic mass is 9.82. The van der Waals surface area contributed by atoms with Crippen LogP contribution in [-0.2, 0) is 15.9 Å². The summed E-state index contributed by atoms with van der Waals surface area (Å²) >= 11 is 1.83. The summed E-state index contributed by atoms with van der Waals surface area (Å²) in [5.74, 6) is 0. The molecule has 21 heavy (non-hydrogen) atoms. The Balaban J connectivity index is 1.86. The van der Waals surface area contributed by atoms with E-state index in [1.807, 2.05) is 25.5 Å². The van der Waals surface area contributed by atoms with Gasteiger partial charge in [-0.1, -0.05) is 18.2 Å². The summed E-state index contributed by atoms with van der Waals surface area (Å²) < 4.78 is 12.8. The molecule has 0 amide bonds. The Labute approximate surface area is 130 Å². The molecule has 0 aliphatic carbocycles. The number of likely N-dealkylation sites (N-methyl/N-ethyl adjacent to an activating group) is 1. The second kappa shape index (κ2) is 6.44. The predicted octanol–water partition coefficient (Wildman–Crippen LogP) is 3.23. The molecule has 3 nitrogen and oxygen atoms in total. The van der Waals surface area contributed by atoms with Gasteiger partial charge >= 0.3 is 0 Å². The zero-order valence-electron chi connectivity index (χ0n) is 12.7. The molecule has 1 aromatic carbocycles. The molecular weight excluding hydrogens is 282 g/mol. The predicted molar refractivity (Wildman–Crippen MR) is 88.2 cm³/mol. The highest BCUT2D eigenvalue weighted by Crippen LogP contribution is 2.33. The summed E-state index contributed by atoms with van der Waals surface area (Å²) in [6.07, 6.45) is 2.91. The fourth-order valence-corrected chi connectivity index (χ4v) is 4.35. The molecule has 1 unspecified atom stereocenters. The summed E-state index contributed by atoms with van der Waals surface area (Å²) in [5, 5.41) is 7.16. The van der Waals surface area contributed by atoms with Crippen molar-refractivity contribution < 1.29 is 9.47 Å². The van der Waals surface area contributed by atoms with Gasteiger partial charge in [0.25, 0.3) is 0 Å². The van der Waals surface area contributed by atoms with E-state index in [2.05, 4.69) is 35.0 Å². The zero-order chi connectivity index (χ0) is 14.7. The average molecular weight is 305 g/mol. The minimum Gasteiger partial charge on any atom is -0.381 e. The highest BCUT2D eigenvalue weighted by Gasteiger charge is 2.40. The number of methoxy groups -OCH3 is 1. The van der Waals surface area contributed by atoms with E-state index in [4.69, 9.17) is 9.47 Å². The van der Waals surface area contributed by atoms with Crippen molar-refractivity contribution in [2.45, 2.75) is 30.9 Å². The normalized spacial score (nSPS) is 19.7. The van der Waals surface area contributed by atoms with Crippen molar-refractivity contribution in [3.05, 3.63) is 35.2 Å². The second-order valence-corrected chi connectivity index (χ2v) is 6.59. The molecule has 1 aliphatic rings. The molecule has 0 spiro atoms. The van der Waals surface area contributed by atoms with Gasteiger partial charge in [0.15, 0.2) is 0 Å². The van der Waals surface area contributed by atoms with Crippen molar-refractivity contribution in [2.24, 2.45) is 0 Å². The van der Waals surface area contributed by atoms with Gasteiger partial charge in [0.2, 0.25) is 0 Å². The van der Waals surface area contributed by atoms with Gasteiger partial charge in [-0.15, -0.1) is 11.3 Å². The van der Waals surface area contributed by atoms with Gasteiger partial charge in [0.05, 0.1) is 5.60 Å². The van der Waals surface area contributed by atoms with Crippen LogP contribution in [0.5, 0.6) is 0 Å². The summed E-state index contributed by atoms with van der Waals surface area (Å²) in [7, 11) is 3.87. The largest absolute Gasteiger partial charge is 0.381 e. The summed E-state index contributed by atoms with van der Waals surface area (Å²) in [4.78, 5) is 0. The van der Waals surface area contributed by atoms with Crippen LogP contribution in [0.1, 0.15) is 18.4 Å². The van der Waals surface area contributed by atoms with Crippen molar-refractivity contribution in [3.8, 4) is 0 Å². The lowest BCUT2D eigenvalue weighted by Gasteiger charge is -2.42. The number of ether oxygens (including phenoxy) is 2. The van der Waals surface area contributed by atoms with Crippen molar-refractivity contribution in [1.82, 2.24) is 5.32 Å². The first-order chi connectivity index (χ1) is 10.3. The summed E-state index contributed by atoms with van der Waals surface area (Å²) in [6, 6.07) is 8.95. The van der Waals surface area contributed by atoms with Gasteiger partial charge in [0.1, 0.15) is 0 Å². The Hall–Kier alpha value is -0.940. The fourth-order valence-electron chi connectivity index (χ4n) is 3.37. The number of hydrogen-bond acceptors (Lipinski definition) is 4. The van der Waals surface area contributed by atoms with E-state index in [1.54, 1.807) is 0 Å². The van der Waals surface area contributed by atoms with Gasteiger partial charge < -0.3 is 14.8 Å². The number of thiophene rings is 1. The SMILES string of the molecule is CNC(Cc1csc2ccccc12)C1(OC)CCOCC1. The van der Waals surface area contributed by atoms with Crippen LogP contribution in [0.15, 0.2) is 29.6 Å². The number of fused-ring (bicyclic) bond motifs is 1. The van der Waals surface area contributed by atoms with E-state index in [9.17, 15) is 0 Å². The molecule has 1 atom stereocenters. The van der Waals surface area contributed by atoms with Crippen molar-refractivity contribution in [1.29, 1.82) is 0 Å². The van der Waals surface area contributed by atoms with E-state index in [-0.39, 0.29) is 5.60 Å². The van der Waals surface area contributed by atoms with E-state index < -0.39 is 0 Å². The molecule has 4 heteroatoms. The molecule has 1 N–H and O–H groups in total. The van der Waals surface area contributed by atoms with Crippen LogP contribution in [0, 0.1) is 0 Å². The second-order valence-electron chi connectivity index (χ2n) is 5.68. The molecule has 1 fully saturated rings. The molecule has 0 saturated carbocycles. The number of rotatable bonds is 5. The van der Waals surface area contributed by atoms with Crippen LogP contribution in [0.3, 0.4) is 0 Å². The fraction of sp³-hybridized carbons (Fsp3) is 0.529. The van der Waals surface area contributed by atoms with Gasteiger partial charge in [-0.05, 0) is 35.9 Å². The first-order valence-electron chi connectivity index (χ1n) is 7.54. The molecule has 2 heterocycles. The van der Waals surface area contributed by atoms with Crippen LogP contribution < -0.4 is 5.32 Å². The molecule has 114 valence electrons. The third-order valence-electron chi connectivity index (χ3n) is 4.71. The van der Waals surface area contributed by atoms with Crippen LogP contribution in [0.4, 0.5) is 0 Å². The Morgan fingerprint density at radius 1 is 1.33 bits per heavy atom. The third-order valence-corrected chi connectivity index (χ3v) is 5.73. The number of benzene rings is 1. The molecule has 0 bridgehead atoms. The molecule has 0 radical (unpaired) electrons. The molecule has 1 aliphatic heterocycles. The van der Waals surface area contributed by atoms with Crippen molar-refractivity contribution >= 4 is 21.4 Å². The highest BCUT2D eigenvalue weighted by atomic mass is 32.1. The van der Waals surface area contributed by atoms with Crippen LogP contribution in [0.25, 0.3) is 10.1 Å². The minimum absolute atomic E-state index is 0.115. The smallest absolute Gasteiger partial charge is 0.0877 e. The molecule has 2 aromatic rings. The third kappa shape index (κ3) is 2.86. The average Bonchev–Trinajstić information content (AvgIpc) is 2.96. The first kappa shape index (κ1) is 15.0. The lowest BCUT2D eigenvalue weighted by molar-refractivity contribution is -0.109. The summed E-state index contributed by atoms with van der Waals surface area (Å²) in [5.41, 5.74) is 1.30. The van der Waals surface area contributed by atoms with E-state index in [0.29, 0.717) is 6.04 Å². The topological polar surface area (TPSA) is 30.5 Å². The van der Waals surface area contributed by atoms with E-state index in [0.717, 1.165) is 32.5 Å². The molecule has 1 saturated heterocycles. The zero-order valence-corrected chi connectivity index (χ0v) is 13.5. The van der Waals surface area contributed by atoms with E-state index in [1.165, 1.54) is 15.6 Å².